The van der Waals surface area contributed by atoms with Gasteiger partial charge in [-0.2, -0.15) is 0 Å². The van der Waals surface area contributed by atoms with Crippen molar-refractivity contribution in [1.29, 1.82) is 0 Å². The molecule has 4 nitrogen and oxygen atoms in total. The Balaban J connectivity index is 0.00000220. The van der Waals surface area contributed by atoms with E-state index in [1.165, 1.54) is 0 Å². The highest BCUT2D eigenvalue weighted by Crippen LogP contribution is 2.22. The number of nitrogens with one attached hydrogen (secondary N) is 1. The van der Waals surface area contributed by atoms with Crippen LogP contribution in [-0.2, 0) is 13.1 Å². The van der Waals surface area contributed by atoms with Crippen LogP contribution in [0.1, 0.15) is 18.9 Å². The summed E-state index contributed by atoms with van der Waals surface area (Å²) in [5, 5.41) is 4.16. The third-order valence-corrected chi connectivity index (χ3v) is 3.20. The van der Waals surface area contributed by atoms with E-state index in [1.54, 1.807) is 6.20 Å². The van der Waals surface area contributed by atoms with E-state index in [-0.39, 0.29) is 12.4 Å². The van der Waals surface area contributed by atoms with Gasteiger partial charge in [-0.3, -0.25) is 0 Å². The number of benzene rings is 1. The predicted octanol–water partition coefficient (Wildman–Crippen LogP) is 0.119. The Morgan fingerprint density at radius 2 is 2.24 bits per heavy atom. The van der Waals surface area contributed by atoms with Crippen molar-refractivity contribution in [2.45, 2.75) is 26.4 Å². The van der Waals surface area contributed by atoms with Crippen molar-refractivity contribution in [3.8, 4) is 5.75 Å². The minimum Gasteiger partial charge on any atom is -1.00 e. The molecule has 1 aromatic heterocycles. The summed E-state index contributed by atoms with van der Waals surface area (Å²) in [5.74, 6) is 0.902. The number of halogens is 2. The lowest BCUT2D eigenvalue weighted by Gasteiger charge is -2.11. The van der Waals surface area contributed by atoms with Crippen LogP contribution < -0.4 is 22.5 Å². The summed E-state index contributed by atoms with van der Waals surface area (Å²) in [6.07, 6.45) is 6.67. The zero-order chi connectivity index (χ0) is 14.2. The fourth-order valence-corrected chi connectivity index (χ4v) is 2.21. The Labute approximate surface area is 136 Å². The van der Waals surface area contributed by atoms with Gasteiger partial charge < -0.3 is 27.0 Å². The van der Waals surface area contributed by atoms with E-state index in [4.69, 9.17) is 16.3 Å². The van der Waals surface area contributed by atoms with Crippen LogP contribution in [0.25, 0.3) is 0 Å². The second-order valence-corrected chi connectivity index (χ2v) is 4.95. The SMILES string of the molecule is CCOc1ccc(Cl)cc1CNCCCn1ccnc1.[Cl-]. The molecule has 0 saturated carbocycles. The lowest BCUT2D eigenvalue weighted by molar-refractivity contribution is -0.00000467. The van der Waals surface area contributed by atoms with Crippen LogP contribution in [-0.4, -0.2) is 22.7 Å². The molecule has 1 heterocycles. The minimum atomic E-state index is 0. The van der Waals surface area contributed by atoms with Crippen LogP contribution in [0.2, 0.25) is 5.02 Å². The summed E-state index contributed by atoms with van der Waals surface area (Å²) < 4.78 is 7.67. The molecule has 6 heteroatoms. The van der Waals surface area contributed by atoms with E-state index in [0.29, 0.717) is 6.61 Å². The smallest absolute Gasteiger partial charge is 0.123 e. The second kappa shape index (κ2) is 9.66. The highest BCUT2D eigenvalue weighted by atomic mass is 35.5. The standard InChI is InChI=1S/C15H20ClN3O.ClH/c1-2-20-15-5-4-14(16)10-13(15)11-17-6-3-8-19-9-7-18-12-19;/h4-5,7,9-10,12,17H,2-3,6,8,11H2,1H3;1H/p-1. The molecule has 116 valence electrons. The van der Waals surface area contributed by atoms with Crippen molar-refractivity contribution in [3.05, 3.63) is 47.5 Å². The van der Waals surface area contributed by atoms with Gasteiger partial charge in [-0.1, -0.05) is 11.6 Å². The summed E-state index contributed by atoms with van der Waals surface area (Å²) >= 11 is 6.03. The van der Waals surface area contributed by atoms with Crippen molar-refractivity contribution in [3.63, 3.8) is 0 Å². The normalized spacial score (nSPS) is 10.2. The molecular weight excluding hydrogens is 309 g/mol. The van der Waals surface area contributed by atoms with E-state index in [9.17, 15) is 0 Å². The summed E-state index contributed by atoms with van der Waals surface area (Å²) in [5.41, 5.74) is 1.10. The molecule has 0 radical (unpaired) electrons. The first-order valence-electron chi connectivity index (χ1n) is 6.87. The molecular formula is C15H20Cl2N3O-. The largest absolute Gasteiger partial charge is 1.00 e. The topological polar surface area (TPSA) is 39.1 Å². The maximum Gasteiger partial charge on any atom is 0.123 e. The van der Waals surface area contributed by atoms with E-state index in [2.05, 4.69) is 14.9 Å². The fourth-order valence-electron chi connectivity index (χ4n) is 2.01. The Morgan fingerprint density at radius 1 is 1.38 bits per heavy atom. The van der Waals surface area contributed by atoms with Gasteiger partial charge in [-0.25, -0.2) is 4.98 Å². The Morgan fingerprint density at radius 3 is 2.95 bits per heavy atom. The third-order valence-electron chi connectivity index (χ3n) is 2.97. The number of nitrogens with zero attached hydrogens (tertiary/aromatic N) is 2. The molecule has 0 bridgehead atoms. The van der Waals surface area contributed by atoms with Gasteiger partial charge in [-0.05, 0) is 38.1 Å². The summed E-state index contributed by atoms with van der Waals surface area (Å²) in [4.78, 5) is 4.02. The first-order chi connectivity index (χ1) is 9.79. The first kappa shape index (κ1) is 17.8. The van der Waals surface area contributed by atoms with Gasteiger partial charge in [0.1, 0.15) is 5.75 Å². The Kier molecular flexibility index (Phi) is 8.20. The van der Waals surface area contributed by atoms with E-state index in [0.717, 1.165) is 42.4 Å². The van der Waals surface area contributed by atoms with E-state index >= 15 is 0 Å². The molecule has 2 rings (SSSR count). The number of ether oxygens (including phenoxy) is 1. The average Bonchev–Trinajstić information content (AvgIpc) is 2.94. The summed E-state index contributed by atoms with van der Waals surface area (Å²) in [7, 11) is 0. The van der Waals surface area contributed by atoms with Gasteiger partial charge in [0.25, 0.3) is 0 Å². The molecule has 1 aromatic carbocycles. The van der Waals surface area contributed by atoms with Crippen molar-refractivity contribution in [2.24, 2.45) is 0 Å². The monoisotopic (exact) mass is 328 g/mol. The highest BCUT2D eigenvalue weighted by Gasteiger charge is 2.04. The zero-order valence-corrected chi connectivity index (χ0v) is 13.6. The zero-order valence-electron chi connectivity index (χ0n) is 12.1. The lowest BCUT2D eigenvalue weighted by atomic mass is 10.2. The quantitative estimate of drug-likeness (QED) is 0.700. The maximum atomic E-state index is 6.03. The van der Waals surface area contributed by atoms with Gasteiger partial charge in [0.05, 0.1) is 12.9 Å². The molecule has 1 N–H and O–H groups in total. The molecule has 0 fully saturated rings. The number of hydrogen-bond acceptors (Lipinski definition) is 3. The molecule has 0 saturated heterocycles. The van der Waals surface area contributed by atoms with Crippen LogP contribution in [0.15, 0.2) is 36.9 Å². The third kappa shape index (κ3) is 5.96. The Hall–Kier alpha value is -1.23. The van der Waals surface area contributed by atoms with Crippen molar-refractivity contribution < 1.29 is 17.1 Å². The molecule has 2 aromatic rings. The van der Waals surface area contributed by atoms with Crippen LogP contribution in [0.5, 0.6) is 5.75 Å². The van der Waals surface area contributed by atoms with Crippen LogP contribution in [0.3, 0.4) is 0 Å². The fraction of sp³-hybridized carbons (Fsp3) is 0.400. The lowest BCUT2D eigenvalue weighted by Crippen LogP contribution is -3.00. The predicted molar refractivity (Wildman–Crippen MR) is 81.2 cm³/mol. The van der Waals surface area contributed by atoms with Gasteiger partial charge in [0, 0.05) is 36.1 Å². The molecule has 0 aliphatic carbocycles. The first-order valence-corrected chi connectivity index (χ1v) is 7.25. The summed E-state index contributed by atoms with van der Waals surface area (Å²) in [6.45, 7) is 5.32. The highest BCUT2D eigenvalue weighted by molar-refractivity contribution is 6.30. The van der Waals surface area contributed by atoms with E-state index in [1.807, 2.05) is 37.6 Å². The second-order valence-electron chi connectivity index (χ2n) is 4.52. The van der Waals surface area contributed by atoms with Crippen LogP contribution in [0, 0.1) is 0 Å². The Bertz CT molecular complexity index is 518. The van der Waals surface area contributed by atoms with Gasteiger partial charge in [0.2, 0.25) is 0 Å². The van der Waals surface area contributed by atoms with Gasteiger partial charge in [-0.15, -0.1) is 0 Å². The molecule has 0 aliphatic heterocycles. The summed E-state index contributed by atoms with van der Waals surface area (Å²) in [6, 6.07) is 5.73. The van der Waals surface area contributed by atoms with Gasteiger partial charge in [0.15, 0.2) is 0 Å². The number of hydrogen-bond donors (Lipinski definition) is 1. The molecule has 0 spiro atoms. The van der Waals surface area contributed by atoms with Crippen molar-refractivity contribution in [1.82, 2.24) is 14.9 Å². The number of aryl methyl sites for hydroxylation is 1. The number of imidazole rings is 1. The molecule has 0 unspecified atom stereocenters. The van der Waals surface area contributed by atoms with Crippen molar-refractivity contribution >= 4 is 11.6 Å². The van der Waals surface area contributed by atoms with E-state index < -0.39 is 0 Å². The number of aromatic nitrogens is 2. The molecule has 0 aliphatic rings. The molecule has 0 atom stereocenters. The van der Waals surface area contributed by atoms with Crippen LogP contribution >= 0.6 is 11.6 Å². The molecule has 0 amide bonds. The van der Waals surface area contributed by atoms with Gasteiger partial charge >= 0.3 is 0 Å². The minimum absolute atomic E-state index is 0. The molecule has 21 heavy (non-hydrogen) atoms. The van der Waals surface area contributed by atoms with Crippen LogP contribution in [0.4, 0.5) is 0 Å². The van der Waals surface area contributed by atoms with Crippen molar-refractivity contribution in [2.75, 3.05) is 13.2 Å². The maximum absolute atomic E-state index is 6.03. The number of rotatable bonds is 8. The average molecular weight is 329 g/mol.